The summed E-state index contributed by atoms with van der Waals surface area (Å²) in [5, 5.41) is 13.7. The number of carboxylic acids is 1. The first-order valence-corrected chi connectivity index (χ1v) is 11.8. The number of nitrogens with one attached hydrogen (secondary N) is 1. The van der Waals surface area contributed by atoms with Gasteiger partial charge in [0.1, 0.15) is 11.9 Å². The zero-order chi connectivity index (χ0) is 23.1. The predicted molar refractivity (Wildman–Crippen MR) is 125 cm³/mol. The lowest BCUT2D eigenvalue weighted by Gasteiger charge is -2.27. The molecule has 5 rings (SSSR count). The van der Waals surface area contributed by atoms with Crippen LogP contribution in [0.25, 0.3) is 10.9 Å². The maximum absolute atomic E-state index is 14.1. The zero-order valence-electron chi connectivity index (χ0n) is 18.8. The number of rotatable bonds is 6. The van der Waals surface area contributed by atoms with Gasteiger partial charge in [-0.2, -0.15) is 0 Å². The molecule has 2 aliphatic rings. The van der Waals surface area contributed by atoms with Crippen LogP contribution in [-0.2, 0) is 35.3 Å². The maximum atomic E-state index is 14.1. The molecule has 33 heavy (non-hydrogen) atoms. The molecule has 2 N–H and O–H groups in total. The summed E-state index contributed by atoms with van der Waals surface area (Å²) in [5.41, 5.74) is 5.37. The van der Waals surface area contributed by atoms with Crippen LogP contribution in [0.3, 0.4) is 0 Å². The highest BCUT2D eigenvalue weighted by molar-refractivity contribution is 5.88. The van der Waals surface area contributed by atoms with Crippen molar-refractivity contribution in [3.05, 3.63) is 70.7 Å². The predicted octanol–water partition coefficient (Wildman–Crippen LogP) is 4.59. The first-order chi connectivity index (χ1) is 15.9. The van der Waals surface area contributed by atoms with Crippen molar-refractivity contribution in [3.63, 3.8) is 0 Å². The van der Waals surface area contributed by atoms with Crippen molar-refractivity contribution in [2.75, 3.05) is 0 Å². The molecule has 172 valence electrons. The molecule has 2 aliphatic carbocycles. The monoisotopic (exact) mass is 448 g/mol. The van der Waals surface area contributed by atoms with Crippen LogP contribution in [0.15, 0.2) is 42.5 Å². The summed E-state index contributed by atoms with van der Waals surface area (Å²) in [6.45, 7) is 1.85. The Balaban J connectivity index is 1.34. The maximum Gasteiger partial charge on any atom is 0.326 e. The molecular weight excluding hydrogens is 419 g/mol. The molecular formula is C27H29FN2O3. The average molecular weight is 449 g/mol. The molecule has 0 spiro atoms. The highest BCUT2D eigenvalue weighted by Crippen LogP contribution is 2.36. The molecule has 0 aliphatic heterocycles. The third kappa shape index (κ3) is 4.03. The number of amides is 1. The van der Waals surface area contributed by atoms with Gasteiger partial charge in [0.25, 0.3) is 0 Å². The van der Waals surface area contributed by atoms with Gasteiger partial charge in [0, 0.05) is 29.1 Å². The standard InChI is InChI=1S/C27H29FN2O3/c1-2-23(27(32)33)30-24-9-7-19(28)14-21(24)22-15-20(8-10-25(22)30)29-26(31)13-16-11-17-5-3-4-6-18(17)12-16/h3-7,9,14,16,20,23H,2,8,10-13,15H2,1H3,(H,29,31)(H,32,33). The molecule has 0 saturated carbocycles. The fourth-order valence-electron chi connectivity index (χ4n) is 5.85. The highest BCUT2D eigenvalue weighted by atomic mass is 19.1. The van der Waals surface area contributed by atoms with Crippen LogP contribution < -0.4 is 5.32 Å². The molecule has 1 aromatic heterocycles. The average Bonchev–Trinajstić information content (AvgIpc) is 3.32. The van der Waals surface area contributed by atoms with Gasteiger partial charge in [0.2, 0.25) is 5.91 Å². The van der Waals surface area contributed by atoms with E-state index in [1.165, 1.54) is 23.3 Å². The number of aromatic nitrogens is 1. The Morgan fingerprint density at radius 1 is 1.15 bits per heavy atom. The van der Waals surface area contributed by atoms with E-state index in [2.05, 4.69) is 17.4 Å². The second-order valence-electron chi connectivity index (χ2n) is 9.47. The van der Waals surface area contributed by atoms with Crippen LogP contribution >= 0.6 is 0 Å². The summed E-state index contributed by atoms with van der Waals surface area (Å²) in [6.07, 6.45) is 4.85. The minimum atomic E-state index is -0.880. The number of fused-ring (bicyclic) bond motifs is 4. The molecule has 2 aromatic carbocycles. The number of halogens is 1. The molecule has 0 radical (unpaired) electrons. The first-order valence-electron chi connectivity index (χ1n) is 11.8. The van der Waals surface area contributed by atoms with E-state index in [1.807, 2.05) is 23.6 Å². The Kier molecular flexibility index (Phi) is 5.69. The second-order valence-corrected chi connectivity index (χ2v) is 9.47. The van der Waals surface area contributed by atoms with Gasteiger partial charge >= 0.3 is 5.97 Å². The van der Waals surface area contributed by atoms with Crippen molar-refractivity contribution < 1.29 is 19.1 Å². The number of aliphatic carboxylic acids is 1. The second kappa shape index (κ2) is 8.65. The Bertz CT molecular complexity index is 1210. The number of nitrogens with zero attached hydrogens (tertiary/aromatic N) is 1. The Morgan fingerprint density at radius 3 is 2.55 bits per heavy atom. The van der Waals surface area contributed by atoms with Gasteiger partial charge in [0.15, 0.2) is 0 Å². The van der Waals surface area contributed by atoms with Crippen LogP contribution in [0.1, 0.15) is 54.6 Å². The van der Waals surface area contributed by atoms with Crippen molar-refractivity contribution in [2.24, 2.45) is 5.92 Å². The first kappa shape index (κ1) is 21.7. The minimum absolute atomic E-state index is 0.0269. The van der Waals surface area contributed by atoms with Crippen molar-refractivity contribution in [3.8, 4) is 0 Å². The fraction of sp³-hybridized carbons (Fsp3) is 0.407. The van der Waals surface area contributed by atoms with E-state index in [-0.39, 0.29) is 17.8 Å². The largest absolute Gasteiger partial charge is 0.480 e. The molecule has 5 nitrogen and oxygen atoms in total. The van der Waals surface area contributed by atoms with E-state index in [9.17, 15) is 19.1 Å². The van der Waals surface area contributed by atoms with Crippen molar-refractivity contribution >= 4 is 22.8 Å². The molecule has 0 bridgehead atoms. The summed E-state index contributed by atoms with van der Waals surface area (Å²) in [4.78, 5) is 24.8. The summed E-state index contributed by atoms with van der Waals surface area (Å²) >= 11 is 0. The molecule has 2 unspecified atom stereocenters. The van der Waals surface area contributed by atoms with Crippen molar-refractivity contribution in [1.82, 2.24) is 9.88 Å². The smallest absolute Gasteiger partial charge is 0.326 e. The lowest BCUT2D eigenvalue weighted by Crippen LogP contribution is -2.40. The Hall–Kier alpha value is -3.15. The minimum Gasteiger partial charge on any atom is -0.480 e. The van der Waals surface area contributed by atoms with Crippen molar-refractivity contribution in [1.29, 1.82) is 0 Å². The molecule has 1 amide bonds. The summed E-state index contributed by atoms with van der Waals surface area (Å²) < 4.78 is 16.0. The van der Waals surface area contributed by atoms with E-state index in [0.717, 1.165) is 41.4 Å². The lowest BCUT2D eigenvalue weighted by molar-refractivity contribution is -0.141. The number of carbonyl (C=O) groups is 2. The molecule has 3 aromatic rings. The molecule has 0 fully saturated rings. The van der Waals surface area contributed by atoms with E-state index >= 15 is 0 Å². The summed E-state index contributed by atoms with van der Waals surface area (Å²) in [5.74, 6) is -0.820. The lowest BCUT2D eigenvalue weighted by atomic mass is 9.90. The normalized spacial score (nSPS) is 18.7. The van der Waals surface area contributed by atoms with Gasteiger partial charge in [-0.3, -0.25) is 4.79 Å². The van der Waals surface area contributed by atoms with Crippen LogP contribution in [0.5, 0.6) is 0 Å². The molecule has 2 atom stereocenters. The quantitative estimate of drug-likeness (QED) is 0.579. The topological polar surface area (TPSA) is 71.3 Å². The van der Waals surface area contributed by atoms with Gasteiger partial charge in [0.05, 0.1) is 0 Å². The van der Waals surface area contributed by atoms with Crippen molar-refractivity contribution in [2.45, 2.75) is 64.0 Å². The Labute approximate surface area is 192 Å². The van der Waals surface area contributed by atoms with E-state index in [0.29, 0.717) is 31.6 Å². The van der Waals surface area contributed by atoms with Gasteiger partial charge < -0.3 is 15.0 Å². The summed E-state index contributed by atoms with van der Waals surface area (Å²) in [7, 11) is 0. The fourth-order valence-corrected chi connectivity index (χ4v) is 5.85. The highest BCUT2D eigenvalue weighted by Gasteiger charge is 2.31. The van der Waals surface area contributed by atoms with Crippen LogP contribution in [0.4, 0.5) is 4.39 Å². The van der Waals surface area contributed by atoms with Gasteiger partial charge in [-0.25, -0.2) is 9.18 Å². The zero-order valence-corrected chi connectivity index (χ0v) is 18.8. The number of hydrogen-bond acceptors (Lipinski definition) is 2. The van der Waals surface area contributed by atoms with E-state index in [4.69, 9.17) is 0 Å². The van der Waals surface area contributed by atoms with Crippen LogP contribution in [0, 0.1) is 11.7 Å². The van der Waals surface area contributed by atoms with Gasteiger partial charge in [-0.05, 0) is 79.3 Å². The van der Waals surface area contributed by atoms with Crippen LogP contribution in [-0.4, -0.2) is 27.6 Å². The third-order valence-corrected chi connectivity index (χ3v) is 7.32. The van der Waals surface area contributed by atoms with Crippen LogP contribution in [0.2, 0.25) is 0 Å². The number of carbonyl (C=O) groups excluding carboxylic acids is 1. The van der Waals surface area contributed by atoms with E-state index in [1.54, 1.807) is 6.07 Å². The summed E-state index contributed by atoms with van der Waals surface area (Å²) in [6, 6.07) is 12.2. The Morgan fingerprint density at radius 2 is 1.88 bits per heavy atom. The number of hydrogen-bond donors (Lipinski definition) is 2. The SMILES string of the molecule is CCC(C(=O)O)n1c2c(c3cc(F)ccc31)CC(NC(=O)CC1Cc3ccccc3C1)CC2. The third-order valence-electron chi connectivity index (χ3n) is 7.32. The molecule has 6 heteroatoms. The molecule has 1 heterocycles. The van der Waals surface area contributed by atoms with E-state index < -0.39 is 12.0 Å². The molecule has 0 saturated heterocycles. The number of carboxylic acid groups (broad SMARTS) is 1. The van der Waals surface area contributed by atoms with Gasteiger partial charge in [-0.15, -0.1) is 0 Å². The van der Waals surface area contributed by atoms with Gasteiger partial charge in [-0.1, -0.05) is 31.2 Å². The number of benzene rings is 2.